The lowest BCUT2D eigenvalue weighted by atomic mass is 10.3. The fourth-order valence-electron chi connectivity index (χ4n) is 0.848. The highest BCUT2D eigenvalue weighted by Crippen LogP contribution is 2.11. The van der Waals surface area contributed by atoms with Gasteiger partial charge in [0.15, 0.2) is 10.8 Å². The molecule has 1 aromatic heterocycles. The Bertz CT molecular complexity index is 375. The van der Waals surface area contributed by atoms with Gasteiger partial charge in [-0.3, -0.25) is 4.79 Å². The predicted octanol–water partition coefficient (Wildman–Crippen LogP) is 0.117. The molecule has 7 heteroatoms. The highest BCUT2D eigenvalue weighted by molar-refractivity contribution is 7.13. The maximum absolute atomic E-state index is 10.6. The van der Waals surface area contributed by atoms with Crippen LogP contribution in [0.4, 0.5) is 5.13 Å². The Kier molecular flexibility index (Phi) is 4.87. The second-order valence-corrected chi connectivity index (χ2v) is 4.14. The topological polar surface area (TPSA) is 80.8 Å². The van der Waals surface area contributed by atoms with E-state index in [4.69, 9.17) is 10.6 Å². The molecule has 1 heterocycles. The highest BCUT2D eigenvalue weighted by atomic mass is 32.1. The zero-order chi connectivity index (χ0) is 12.0. The molecule has 0 fully saturated rings. The number of carbonyl (C=O) groups excluding carboxylic acids is 1. The van der Waals surface area contributed by atoms with Crippen molar-refractivity contribution < 1.29 is 9.63 Å². The number of hydrogen-bond donors (Lipinski definition) is 1. The Morgan fingerprint density at radius 1 is 1.75 bits per heavy atom. The van der Waals surface area contributed by atoms with Gasteiger partial charge in [0.05, 0.1) is 0 Å². The Hall–Kier alpha value is -1.47. The molecule has 0 saturated heterocycles. The van der Waals surface area contributed by atoms with Gasteiger partial charge in [-0.1, -0.05) is 5.16 Å². The molecule has 0 amide bonds. The number of likely N-dealkylation sites (N-methyl/N-ethyl adjacent to an activating group) is 1. The molecule has 0 unspecified atom stereocenters. The molecule has 1 aromatic rings. The van der Waals surface area contributed by atoms with E-state index in [-0.39, 0.29) is 5.71 Å². The molecule has 1 radical (unpaired) electrons. The van der Waals surface area contributed by atoms with E-state index >= 15 is 0 Å². The number of nitrogens with two attached hydrogens (primary N) is 1. The van der Waals surface area contributed by atoms with Crippen LogP contribution in [0.1, 0.15) is 5.69 Å². The maximum Gasteiger partial charge on any atom is 0.259 e. The van der Waals surface area contributed by atoms with Crippen LogP contribution in [0.25, 0.3) is 0 Å². The van der Waals surface area contributed by atoms with Crippen LogP contribution in [-0.2, 0) is 9.63 Å². The van der Waals surface area contributed by atoms with Crippen LogP contribution in [0.2, 0.25) is 0 Å². The fourth-order valence-corrected chi connectivity index (χ4v) is 1.40. The Morgan fingerprint density at radius 3 is 3.00 bits per heavy atom. The van der Waals surface area contributed by atoms with E-state index in [0.717, 1.165) is 6.54 Å². The van der Waals surface area contributed by atoms with Gasteiger partial charge < -0.3 is 15.5 Å². The van der Waals surface area contributed by atoms with Crippen LogP contribution in [-0.4, -0.2) is 49.1 Å². The molecule has 0 aliphatic carbocycles. The molecular weight excluding hydrogens is 228 g/mol. The summed E-state index contributed by atoms with van der Waals surface area (Å²) in [4.78, 5) is 21.4. The van der Waals surface area contributed by atoms with Crippen molar-refractivity contribution in [2.45, 2.75) is 0 Å². The van der Waals surface area contributed by atoms with Gasteiger partial charge in [0.25, 0.3) is 6.29 Å². The monoisotopic (exact) mass is 241 g/mol. The Morgan fingerprint density at radius 2 is 2.50 bits per heavy atom. The number of thiazole rings is 1. The maximum atomic E-state index is 10.6. The average Bonchev–Trinajstić information content (AvgIpc) is 2.64. The lowest BCUT2D eigenvalue weighted by molar-refractivity contribution is 0.126. The number of nitrogens with zero attached hydrogens (tertiary/aromatic N) is 3. The molecule has 16 heavy (non-hydrogen) atoms. The Labute approximate surface area is 97.7 Å². The van der Waals surface area contributed by atoms with Crippen molar-refractivity contribution in [3.63, 3.8) is 0 Å². The summed E-state index contributed by atoms with van der Waals surface area (Å²) in [5.74, 6) is 0. The quantitative estimate of drug-likeness (QED) is 0.434. The molecule has 1 rings (SSSR count). The summed E-state index contributed by atoms with van der Waals surface area (Å²) >= 11 is 1.24. The third-order valence-corrected chi connectivity index (χ3v) is 2.32. The first-order chi connectivity index (χ1) is 7.63. The standard InChI is InChI=1S/C9H13N4O2S/c1-13(2)3-4-15-12-7(5-14)8-6-16-9(10)11-8/h6H,3-4H2,1-2H3,(H2,10,11)/b12-7+. The molecular formula is C9H13N4O2S. The molecule has 0 atom stereocenters. The van der Waals surface area contributed by atoms with Crippen molar-refractivity contribution in [2.75, 3.05) is 33.0 Å². The SMILES string of the molecule is CN(C)CCO/N=C(\[C]=O)c1csc(N)n1. The van der Waals surface area contributed by atoms with Gasteiger partial charge in [-0.05, 0) is 14.1 Å². The fraction of sp³-hybridized carbons (Fsp3) is 0.444. The number of oxime groups is 1. The van der Waals surface area contributed by atoms with Gasteiger partial charge in [-0.15, -0.1) is 11.3 Å². The van der Waals surface area contributed by atoms with Crippen molar-refractivity contribution in [2.24, 2.45) is 5.16 Å². The molecule has 0 aliphatic rings. The van der Waals surface area contributed by atoms with E-state index in [1.165, 1.54) is 11.3 Å². The lowest BCUT2D eigenvalue weighted by Crippen LogP contribution is -2.17. The molecule has 0 aromatic carbocycles. The van der Waals surface area contributed by atoms with Crippen molar-refractivity contribution in [3.8, 4) is 0 Å². The minimum atomic E-state index is 0.0340. The van der Waals surface area contributed by atoms with Gasteiger partial charge in [0.1, 0.15) is 12.3 Å². The number of hydrogen-bond acceptors (Lipinski definition) is 7. The van der Waals surface area contributed by atoms with Gasteiger partial charge in [-0.2, -0.15) is 0 Å². The van der Waals surface area contributed by atoms with Gasteiger partial charge >= 0.3 is 0 Å². The van der Waals surface area contributed by atoms with E-state index in [0.29, 0.717) is 17.4 Å². The highest BCUT2D eigenvalue weighted by Gasteiger charge is 2.08. The minimum absolute atomic E-state index is 0.0340. The second kappa shape index (κ2) is 6.19. The first kappa shape index (κ1) is 12.6. The minimum Gasteiger partial charge on any atom is -0.394 e. The van der Waals surface area contributed by atoms with Crippen molar-refractivity contribution >= 4 is 28.5 Å². The summed E-state index contributed by atoms with van der Waals surface area (Å²) in [6.45, 7) is 1.12. The molecule has 6 nitrogen and oxygen atoms in total. The Balaban J connectivity index is 2.54. The van der Waals surface area contributed by atoms with Crippen LogP contribution in [0.15, 0.2) is 10.5 Å². The van der Waals surface area contributed by atoms with Gasteiger partial charge in [-0.25, -0.2) is 4.98 Å². The number of nitrogen functional groups attached to an aromatic ring is 1. The van der Waals surface area contributed by atoms with Crippen molar-refractivity contribution in [1.82, 2.24) is 9.88 Å². The molecule has 2 N–H and O–H groups in total. The van der Waals surface area contributed by atoms with Crippen LogP contribution >= 0.6 is 11.3 Å². The molecule has 0 bridgehead atoms. The summed E-state index contributed by atoms with van der Waals surface area (Å²) in [6, 6.07) is 0. The summed E-state index contributed by atoms with van der Waals surface area (Å²) in [5, 5.41) is 5.67. The molecule has 0 aliphatic heterocycles. The molecule has 0 saturated carbocycles. The second-order valence-electron chi connectivity index (χ2n) is 3.25. The van der Waals surface area contributed by atoms with E-state index < -0.39 is 0 Å². The normalized spacial score (nSPS) is 11.8. The number of rotatable bonds is 6. The lowest BCUT2D eigenvalue weighted by Gasteiger charge is -2.07. The first-order valence-electron chi connectivity index (χ1n) is 4.57. The zero-order valence-electron chi connectivity index (χ0n) is 9.14. The van der Waals surface area contributed by atoms with Gasteiger partial charge in [0.2, 0.25) is 0 Å². The van der Waals surface area contributed by atoms with E-state index in [1.807, 2.05) is 19.0 Å². The molecule has 0 spiro atoms. The smallest absolute Gasteiger partial charge is 0.259 e. The average molecular weight is 241 g/mol. The third kappa shape index (κ3) is 3.95. The van der Waals surface area contributed by atoms with Gasteiger partial charge in [0, 0.05) is 11.9 Å². The van der Waals surface area contributed by atoms with Crippen LogP contribution < -0.4 is 5.73 Å². The van der Waals surface area contributed by atoms with E-state index in [2.05, 4.69) is 10.1 Å². The van der Waals surface area contributed by atoms with E-state index in [9.17, 15) is 4.79 Å². The largest absolute Gasteiger partial charge is 0.394 e. The number of aromatic nitrogens is 1. The van der Waals surface area contributed by atoms with E-state index in [1.54, 1.807) is 11.7 Å². The van der Waals surface area contributed by atoms with Crippen LogP contribution in [0.3, 0.4) is 0 Å². The first-order valence-corrected chi connectivity index (χ1v) is 5.45. The summed E-state index contributed by atoms with van der Waals surface area (Å²) in [5.41, 5.74) is 5.87. The van der Waals surface area contributed by atoms with Crippen LogP contribution in [0.5, 0.6) is 0 Å². The third-order valence-electron chi connectivity index (χ3n) is 1.65. The summed E-state index contributed by atoms with van der Waals surface area (Å²) in [6.07, 6.45) is 1.67. The van der Waals surface area contributed by atoms with Crippen molar-refractivity contribution in [1.29, 1.82) is 0 Å². The molecule has 87 valence electrons. The predicted molar refractivity (Wildman–Crippen MR) is 63.3 cm³/mol. The summed E-state index contributed by atoms with van der Waals surface area (Å²) in [7, 11) is 3.84. The number of anilines is 1. The van der Waals surface area contributed by atoms with Crippen molar-refractivity contribution in [3.05, 3.63) is 11.1 Å². The zero-order valence-corrected chi connectivity index (χ0v) is 9.95. The summed E-state index contributed by atoms with van der Waals surface area (Å²) < 4.78 is 0. The van der Waals surface area contributed by atoms with Crippen LogP contribution in [0, 0.1) is 0 Å².